The molecule has 0 bridgehead atoms. The molecule has 17 heavy (non-hydrogen) atoms. The zero-order valence-corrected chi connectivity index (χ0v) is 8.32. The van der Waals surface area contributed by atoms with Crippen molar-refractivity contribution >= 4 is 11.6 Å². The molecule has 1 aromatic rings. The second-order valence-electron chi connectivity index (χ2n) is 3.02. The minimum absolute atomic E-state index is 0.587. The lowest BCUT2D eigenvalue weighted by Crippen LogP contribution is -2.29. The van der Waals surface area contributed by atoms with Crippen molar-refractivity contribution < 1.29 is 22.9 Å². The Hall–Kier alpha value is -2.12. The molecule has 92 valence electrons. The van der Waals surface area contributed by atoms with Crippen LogP contribution >= 0.6 is 0 Å². The molecule has 1 aromatic carbocycles. The monoisotopic (exact) mass is 248 g/mol. The van der Waals surface area contributed by atoms with Crippen LogP contribution in [0.1, 0.15) is 10.4 Å². The molecule has 0 saturated carbocycles. The Morgan fingerprint density at radius 2 is 2.12 bits per heavy atom. The van der Waals surface area contributed by atoms with Gasteiger partial charge >= 0.3 is 0 Å². The van der Waals surface area contributed by atoms with E-state index >= 15 is 0 Å². The van der Waals surface area contributed by atoms with Gasteiger partial charge < -0.3 is 5.32 Å². The second kappa shape index (κ2) is 5.28. The number of benzene rings is 1. The first kappa shape index (κ1) is 12.9. The van der Waals surface area contributed by atoms with Gasteiger partial charge in [-0.05, 0) is 12.1 Å². The first-order valence-electron chi connectivity index (χ1n) is 4.42. The molecule has 8 heteroatoms. The van der Waals surface area contributed by atoms with Crippen LogP contribution in [0.2, 0.25) is 0 Å². The number of carbonyl (C=O) groups excluding carboxylic acids is 1. The van der Waals surface area contributed by atoms with Crippen molar-refractivity contribution in [1.29, 1.82) is 0 Å². The number of nitrogens with one attached hydrogen (secondary N) is 1. The number of alkyl halides is 2. The highest BCUT2D eigenvalue weighted by Gasteiger charge is 2.21. The predicted molar refractivity (Wildman–Crippen MR) is 51.4 cm³/mol. The van der Waals surface area contributed by atoms with E-state index in [2.05, 4.69) is 0 Å². The fourth-order valence-electron chi connectivity index (χ4n) is 1.11. The summed E-state index contributed by atoms with van der Waals surface area (Å²) in [5.74, 6) is -1.98. The minimum atomic E-state index is -2.79. The Kier molecular flexibility index (Phi) is 4.02. The van der Waals surface area contributed by atoms with Crippen LogP contribution in [0, 0.1) is 15.9 Å². The lowest BCUT2D eigenvalue weighted by molar-refractivity contribution is -0.385. The minimum Gasteiger partial charge on any atom is -0.346 e. The average Bonchev–Trinajstić information content (AvgIpc) is 2.25. The summed E-state index contributed by atoms with van der Waals surface area (Å²) in [6.45, 7) is -0.952. The van der Waals surface area contributed by atoms with Crippen molar-refractivity contribution in [3.8, 4) is 0 Å². The van der Waals surface area contributed by atoms with E-state index in [0.29, 0.717) is 6.07 Å². The molecule has 0 aromatic heterocycles. The topological polar surface area (TPSA) is 72.2 Å². The number of rotatable bonds is 4. The van der Waals surface area contributed by atoms with Gasteiger partial charge in [0.1, 0.15) is 11.4 Å². The van der Waals surface area contributed by atoms with Crippen LogP contribution in [-0.2, 0) is 0 Å². The predicted octanol–water partition coefficient (Wildman–Crippen LogP) is 1.73. The van der Waals surface area contributed by atoms with Crippen molar-refractivity contribution in [2.45, 2.75) is 6.43 Å². The van der Waals surface area contributed by atoms with E-state index in [-0.39, 0.29) is 0 Å². The molecule has 1 N–H and O–H groups in total. The fraction of sp³-hybridized carbons (Fsp3) is 0.222. The SMILES string of the molecule is O=C(NCC(F)F)c1cc(F)ccc1[N+](=O)[O-]. The summed E-state index contributed by atoms with van der Waals surface area (Å²) < 4.78 is 36.5. The number of nitro benzene ring substituents is 1. The maximum Gasteiger partial charge on any atom is 0.282 e. The Bertz CT molecular complexity index is 451. The zero-order chi connectivity index (χ0) is 13.0. The lowest BCUT2D eigenvalue weighted by Gasteiger charge is -2.05. The van der Waals surface area contributed by atoms with Crippen LogP contribution in [0.3, 0.4) is 0 Å². The summed E-state index contributed by atoms with van der Waals surface area (Å²) in [5, 5.41) is 12.3. The molecule has 1 amide bonds. The molecular weight excluding hydrogens is 241 g/mol. The Morgan fingerprint density at radius 3 is 2.65 bits per heavy atom. The Balaban J connectivity index is 2.98. The third-order valence-corrected chi connectivity index (χ3v) is 1.82. The van der Waals surface area contributed by atoms with E-state index in [9.17, 15) is 28.1 Å². The first-order valence-corrected chi connectivity index (χ1v) is 4.42. The van der Waals surface area contributed by atoms with Crippen LogP contribution in [0.4, 0.5) is 18.9 Å². The summed E-state index contributed by atoms with van der Waals surface area (Å²) in [6.07, 6.45) is -2.79. The van der Waals surface area contributed by atoms with E-state index in [0.717, 1.165) is 12.1 Å². The molecule has 0 spiro atoms. The summed E-state index contributed by atoms with van der Waals surface area (Å²) in [5.41, 5.74) is -1.23. The van der Waals surface area contributed by atoms with Crippen molar-refractivity contribution in [2.75, 3.05) is 6.54 Å². The Labute approximate surface area is 93.4 Å². The van der Waals surface area contributed by atoms with Gasteiger partial charge in [0.15, 0.2) is 0 Å². The molecule has 0 aliphatic heterocycles. The van der Waals surface area contributed by atoms with Gasteiger partial charge in [-0.25, -0.2) is 13.2 Å². The number of hydrogen-bond donors (Lipinski definition) is 1. The first-order chi connectivity index (χ1) is 7.91. The molecule has 0 fully saturated rings. The average molecular weight is 248 g/mol. The van der Waals surface area contributed by atoms with E-state index in [4.69, 9.17) is 0 Å². The molecule has 0 saturated heterocycles. The highest BCUT2D eigenvalue weighted by atomic mass is 19.3. The molecule has 0 unspecified atom stereocenters. The standard InChI is InChI=1S/C9H7F3N2O3/c10-5-1-2-7(14(16)17)6(3-5)9(15)13-4-8(11)12/h1-3,8H,4H2,(H,13,15). The molecule has 0 atom stereocenters. The van der Waals surface area contributed by atoms with Gasteiger partial charge in [0, 0.05) is 6.07 Å². The number of carbonyl (C=O) groups is 1. The number of nitrogens with zero attached hydrogens (tertiary/aromatic N) is 1. The summed E-state index contributed by atoms with van der Waals surface area (Å²) in [6, 6.07) is 2.23. The van der Waals surface area contributed by atoms with Crippen LogP contribution in [0.15, 0.2) is 18.2 Å². The van der Waals surface area contributed by atoms with Crippen molar-refractivity contribution in [3.63, 3.8) is 0 Å². The van der Waals surface area contributed by atoms with Crippen LogP contribution in [-0.4, -0.2) is 23.8 Å². The largest absolute Gasteiger partial charge is 0.346 e. The van der Waals surface area contributed by atoms with Gasteiger partial charge in [-0.1, -0.05) is 0 Å². The number of nitro groups is 1. The van der Waals surface area contributed by atoms with Gasteiger partial charge in [-0.3, -0.25) is 14.9 Å². The third-order valence-electron chi connectivity index (χ3n) is 1.82. The maximum absolute atomic E-state index is 12.8. The number of halogens is 3. The molecule has 5 nitrogen and oxygen atoms in total. The Morgan fingerprint density at radius 1 is 1.47 bits per heavy atom. The number of amides is 1. The van der Waals surface area contributed by atoms with E-state index < -0.39 is 40.9 Å². The van der Waals surface area contributed by atoms with Crippen molar-refractivity contribution in [1.82, 2.24) is 5.32 Å². The van der Waals surface area contributed by atoms with Crippen molar-refractivity contribution in [2.24, 2.45) is 0 Å². The normalized spacial score (nSPS) is 10.4. The molecule has 0 heterocycles. The van der Waals surface area contributed by atoms with E-state index in [1.54, 1.807) is 5.32 Å². The highest BCUT2D eigenvalue weighted by Crippen LogP contribution is 2.19. The molecule has 0 radical (unpaired) electrons. The highest BCUT2D eigenvalue weighted by molar-refractivity contribution is 5.98. The van der Waals surface area contributed by atoms with E-state index in [1.165, 1.54) is 0 Å². The number of hydrogen-bond acceptors (Lipinski definition) is 3. The van der Waals surface area contributed by atoms with Gasteiger partial charge in [-0.2, -0.15) is 0 Å². The van der Waals surface area contributed by atoms with Gasteiger partial charge in [-0.15, -0.1) is 0 Å². The van der Waals surface area contributed by atoms with Gasteiger partial charge in [0.2, 0.25) is 0 Å². The quantitative estimate of drug-likeness (QED) is 0.651. The fourth-order valence-corrected chi connectivity index (χ4v) is 1.11. The van der Waals surface area contributed by atoms with Crippen LogP contribution in [0.25, 0.3) is 0 Å². The zero-order valence-electron chi connectivity index (χ0n) is 8.32. The maximum atomic E-state index is 12.8. The van der Waals surface area contributed by atoms with Gasteiger partial charge in [0.05, 0.1) is 11.5 Å². The van der Waals surface area contributed by atoms with E-state index in [1.807, 2.05) is 0 Å². The molecule has 1 rings (SSSR count). The van der Waals surface area contributed by atoms with Crippen molar-refractivity contribution in [3.05, 3.63) is 39.7 Å². The third kappa shape index (κ3) is 3.44. The summed E-state index contributed by atoms with van der Waals surface area (Å²) in [4.78, 5) is 20.9. The molecular formula is C9H7F3N2O3. The molecule has 0 aliphatic carbocycles. The van der Waals surface area contributed by atoms with Gasteiger partial charge in [0.25, 0.3) is 18.0 Å². The smallest absolute Gasteiger partial charge is 0.282 e. The van der Waals surface area contributed by atoms with Crippen LogP contribution < -0.4 is 5.32 Å². The van der Waals surface area contributed by atoms with Crippen LogP contribution in [0.5, 0.6) is 0 Å². The lowest BCUT2D eigenvalue weighted by atomic mass is 10.1. The summed E-state index contributed by atoms with van der Waals surface area (Å²) >= 11 is 0. The second-order valence-corrected chi connectivity index (χ2v) is 3.02. The summed E-state index contributed by atoms with van der Waals surface area (Å²) in [7, 11) is 0. The molecule has 0 aliphatic rings.